The van der Waals surface area contributed by atoms with Crippen LogP contribution in [-0.4, -0.2) is 168 Å². The van der Waals surface area contributed by atoms with Gasteiger partial charge in [-0.1, -0.05) is 177 Å². The smallest absolute Gasteiger partial charge is 0.306 e. The summed E-state index contributed by atoms with van der Waals surface area (Å²) in [5, 5.41) is 57.7. The molecule has 10 unspecified atom stereocenters. The zero-order valence-electron chi connectivity index (χ0n) is 58.5. The molecule has 0 aromatic heterocycles. The lowest BCUT2D eigenvalue weighted by Crippen LogP contribution is -2.47. The molecule has 0 heterocycles. The second-order valence-corrected chi connectivity index (χ2v) is 24.9. The third-order valence-electron chi connectivity index (χ3n) is 16.9. The van der Waals surface area contributed by atoms with Crippen molar-refractivity contribution in [2.24, 2.45) is 5.92 Å². The number of aliphatic hydroxyl groups excluding tert-OH is 5. The predicted molar refractivity (Wildman–Crippen MR) is 366 cm³/mol. The number of aldehydes is 1. The topological polar surface area (TPSA) is 228 Å². The summed E-state index contributed by atoms with van der Waals surface area (Å²) in [6.07, 6.45) is 35.0. The Hall–Kier alpha value is -2.96. The van der Waals surface area contributed by atoms with Crippen molar-refractivity contribution in [2.75, 3.05) is 53.4 Å². The lowest BCUT2D eigenvalue weighted by Gasteiger charge is -2.28. The number of carbonyl (C=O) groups is 4. The Balaban J connectivity index is -0.00000542. The summed E-state index contributed by atoms with van der Waals surface area (Å²) in [7, 11) is 3.54. The molecule has 0 aromatic rings. The Morgan fingerprint density at radius 1 is 0.477 bits per heavy atom. The number of rotatable bonds is 61. The molecule has 16 nitrogen and oxygen atoms in total. The number of amides is 1. The average molecular weight is 1260 g/mol. The molecular formula is C72H142N4O12. The Morgan fingerprint density at radius 2 is 0.841 bits per heavy atom. The maximum Gasteiger partial charge on any atom is 0.306 e. The molecule has 16 heteroatoms. The van der Waals surface area contributed by atoms with Crippen molar-refractivity contribution < 1.29 is 58.9 Å². The minimum atomic E-state index is -0.645. The van der Waals surface area contributed by atoms with Crippen LogP contribution >= 0.6 is 0 Å². The van der Waals surface area contributed by atoms with E-state index >= 15 is 0 Å². The van der Waals surface area contributed by atoms with E-state index in [1.54, 1.807) is 14.2 Å². The number of unbranched alkanes of at least 4 members (excludes halogenated alkanes) is 11. The Kier molecular flexibility index (Phi) is 66.5. The van der Waals surface area contributed by atoms with Gasteiger partial charge in [0.2, 0.25) is 5.91 Å². The molecule has 88 heavy (non-hydrogen) atoms. The third kappa shape index (κ3) is 55.8. The molecule has 0 rings (SSSR count). The van der Waals surface area contributed by atoms with E-state index in [2.05, 4.69) is 75.1 Å². The molecule has 0 saturated heterocycles. The van der Waals surface area contributed by atoms with Gasteiger partial charge in [0.05, 0.1) is 48.9 Å². The summed E-state index contributed by atoms with van der Waals surface area (Å²) >= 11 is 0. The van der Waals surface area contributed by atoms with Crippen molar-refractivity contribution >= 4 is 24.1 Å². The monoisotopic (exact) mass is 1260 g/mol. The molecule has 0 aromatic carbocycles. The number of nitrogens with one attached hydrogen (secondary N) is 2. The van der Waals surface area contributed by atoms with Gasteiger partial charge in [-0.3, -0.25) is 24.2 Å². The minimum absolute atomic E-state index is 0.0415. The number of methoxy groups -OCH3 is 1. The summed E-state index contributed by atoms with van der Waals surface area (Å²) in [6.45, 7) is 27.0. The standard InChI is InChI=1S/C62H120N4O10.C8H18O.C2H4O/c1-9-16-20-21-35-53(68)46-65(47-54(69)36-23-22-33-51(13-5)32-17-10-2)44-30-28-34-52(50-67)64-62(74)59(63-8)41-29-31-45-66(48-55(70)37-24-26-42-60(72)75-57(14-6)39-18-11-3)49-56(71)38-25-27-43-61(73)76-58(15-7)40-19-12-4;1-4-6-7-8(5-2)9-3;1-2-3/h9,50-59,63,68-71H,1,10-49H2,2-8H3,(H,64,74);8H,4-7H2,1-3H3;2-3H,1H2. The van der Waals surface area contributed by atoms with Crippen LogP contribution in [0.15, 0.2) is 25.5 Å². The van der Waals surface area contributed by atoms with E-state index in [0.29, 0.717) is 129 Å². The molecule has 0 aliphatic carbocycles. The average Bonchev–Trinajstić information content (AvgIpc) is 3.53. The van der Waals surface area contributed by atoms with Gasteiger partial charge < -0.3 is 55.2 Å². The number of nitrogens with zero attached hydrogens (tertiary/aromatic N) is 2. The highest BCUT2D eigenvalue weighted by molar-refractivity contribution is 5.84. The molecule has 0 saturated carbocycles. The van der Waals surface area contributed by atoms with Crippen molar-refractivity contribution in [1.29, 1.82) is 0 Å². The minimum Gasteiger partial charge on any atom is -0.516 e. The largest absolute Gasteiger partial charge is 0.516 e. The lowest BCUT2D eigenvalue weighted by atomic mass is 9.93. The van der Waals surface area contributed by atoms with Crippen LogP contribution in [-0.2, 0) is 33.4 Å². The SMILES string of the molecule is C=CCCCCC(O)CN(CCCCC(C=O)NC(=O)C(CCCCN(CC(O)CCCCC(=O)OC(CC)CCCC)CC(O)CCCCC(=O)OC(CC)CCCC)NC)CC(O)CCCCC(CC)CCCC.C=CO.CCCCC(CC)OC. The van der Waals surface area contributed by atoms with E-state index in [1.165, 1.54) is 51.4 Å². The molecule has 10 atom stereocenters. The van der Waals surface area contributed by atoms with E-state index in [4.69, 9.17) is 19.3 Å². The first-order chi connectivity index (χ1) is 42.5. The van der Waals surface area contributed by atoms with Crippen LogP contribution in [0.5, 0.6) is 0 Å². The van der Waals surface area contributed by atoms with Crippen molar-refractivity contribution in [3.8, 4) is 0 Å². The van der Waals surface area contributed by atoms with Gasteiger partial charge in [-0.25, -0.2) is 0 Å². The fourth-order valence-corrected chi connectivity index (χ4v) is 11.1. The molecule has 1 amide bonds. The highest BCUT2D eigenvalue weighted by Gasteiger charge is 2.23. The summed E-state index contributed by atoms with van der Waals surface area (Å²) in [5.41, 5.74) is 0. The van der Waals surface area contributed by atoms with Crippen LogP contribution < -0.4 is 10.6 Å². The number of aliphatic hydroxyl groups is 5. The molecule has 0 radical (unpaired) electrons. The predicted octanol–water partition coefficient (Wildman–Crippen LogP) is 14.6. The van der Waals surface area contributed by atoms with Crippen molar-refractivity contribution in [2.45, 2.75) is 354 Å². The second kappa shape index (κ2) is 65.5. The van der Waals surface area contributed by atoms with Gasteiger partial charge in [0.15, 0.2) is 0 Å². The fraction of sp³-hybridized carbons (Fsp3) is 0.889. The zero-order valence-corrected chi connectivity index (χ0v) is 58.5. The van der Waals surface area contributed by atoms with Crippen LogP contribution in [0.2, 0.25) is 0 Å². The summed E-state index contributed by atoms with van der Waals surface area (Å²) in [5.74, 6) is 0.164. The van der Waals surface area contributed by atoms with Crippen LogP contribution in [0.4, 0.5) is 0 Å². The number of ether oxygens (including phenoxy) is 3. The van der Waals surface area contributed by atoms with Crippen molar-refractivity contribution in [3.05, 3.63) is 25.5 Å². The number of allylic oxidation sites excluding steroid dienone is 1. The Labute approximate surface area is 540 Å². The van der Waals surface area contributed by atoms with E-state index in [0.717, 1.165) is 128 Å². The van der Waals surface area contributed by atoms with Gasteiger partial charge >= 0.3 is 11.9 Å². The highest BCUT2D eigenvalue weighted by Crippen LogP contribution is 2.21. The van der Waals surface area contributed by atoms with E-state index < -0.39 is 36.5 Å². The first-order valence-corrected chi connectivity index (χ1v) is 35.9. The van der Waals surface area contributed by atoms with Gasteiger partial charge in [0.25, 0.3) is 0 Å². The van der Waals surface area contributed by atoms with E-state index in [-0.39, 0.29) is 30.1 Å². The molecule has 7 N–H and O–H groups in total. The summed E-state index contributed by atoms with van der Waals surface area (Å²) in [6, 6.07) is -1.13. The van der Waals surface area contributed by atoms with Gasteiger partial charge in [0.1, 0.15) is 18.5 Å². The lowest BCUT2D eigenvalue weighted by molar-refractivity contribution is -0.150. The molecule has 0 spiro atoms. The first kappa shape index (κ1) is 89.2. The zero-order chi connectivity index (χ0) is 66.4. The van der Waals surface area contributed by atoms with Crippen LogP contribution in [0.25, 0.3) is 0 Å². The van der Waals surface area contributed by atoms with Crippen LogP contribution in [0.1, 0.15) is 299 Å². The van der Waals surface area contributed by atoms with Gasteiger partial charge in [-0.2, -0.15) is 0 Å². The van der Waals surface area contributed by atoms with Gasteiger partial charge in [-0.05, 0) is 148 Å². The molecule has 0 bridgehead atoms. The number of carbonyl (C=O) groups excluding carboxylic acids is 4. The van der Waals surface area contributed by atoms with E-state index in [1.807, 2.05) is 19.9 Å². The number of hydrogen-bond donors (Lipinski definition) is 7. The maximum absolute atomic E-state index is 13.5. The number of hydrogen-bond acceptors (Lipinski definition) is 15. The Morgan fingerprint density at radius 3 is 1.22 bits per heavy atom. The van der Waals surface area contributed by atoms with Crippen LogP contribution in [0.3, 0.4) is 0 Å². The quantitative estimate of drug-likeness (QED) is 0.00988. The van der Waals surface area contributed by atoms with Crippen molar-refractivity contribution in [3.63, 3.8) is 0 Å². The van der Waals surface area contributed by atoms with Gasteiger partial charge in [0, 0.05) is 46.1 Å². The van der Waals surface area contributed by atoms with Crippen LogP contribution in [0, 0.1) is 5.92 Å². The van der Waals surface area contributed by atoms with Gasteiger partial charge in [-0.15, -0.1) is 6.58 Å². The maximum atomic E-state index is 13.5. The molecular weight excluding hydrogens is 1110 g/mol. The van der Waals surface area contributed by atoms with E-state index in [9.17, 15) is 39.6 Å². The molecule has 0 aliphatic rings. The molecule has 522 valence electrons. The highest BCUT2D eigenvalue weighted by atomic mass is 16.5. The second-order valence-electron chi connectivity index (χ2n) is 24.9. The summed E-state index contributed by atoms with van der Waals surface area (Å²) in [4.78, 5) is 55.0. The van der Waals surface area contributed by atoms with Crippen molar-refractivity contribution in [1.82, 2.24) is 20.4 Å². The molecule has 0 aliphatic heterocycles. The molecule has 0 fully saturated rings. The summed E-state index contributed by atoms with van der Waals surface area (Å²) < 4.78 is 16.6. The fourth-order valence-electron chi connectivity index (χ4n) is 11.1. The number of esters is 2. The Bertz CT molecular complexity index is 1530. The normalized spacial score (nSPS) is 14.8. The first-order valence-electron chi connectivity index (χ1n) is 35.9. The number of likely N-dealkylation sites (N-methyl/N-ethyl adjacent to an activating group) is 1. The third-order valence-corrected chi connectivity index (χ3v) is 16.9.